The minimum absolute atomic E-state index is 0.0279. The van der Waals surface area contributed by atoms with Crippen molar-refractivity contribution in [2.75, 3.05) is 11.2 Å². The molecule has 1 N–H and O–H groups in total. The average Bonchev–Trinajstić information content (AvgIpc) is 2.42. The second-order valence-electron chi connectivity index (χ2n) is 3.95. The van der Waals surface area contributed by atoms with Crippen molar-refractivity contribution in [1.29, 1.82) is 0 Å². The molecule has 0 fully saturated rings. The van der Waals surface area contributed by atoms with E-state index in [4.69, 9.17) is 11.6 Å². The largest absolute Gasteiger partial charge is 0.322 e. The molecular formula is C14H12ClFN2O. The molecule has 0 unspecified atom stereocenters. The summed E-state index contributed by atoms with van der Waals surface area (Å²) in [5.74, 6) is -0.586. The van der Waals surface area contributed by atoms with Crippen LogP contribution in [0.5, 0.6) is 0 Å². The number of hydrogen-bond acceptors (Lipinski definition) is 2. The van der Waals surface area contributed by atoms with E-state index in [1.165, 1.54) is 12.3 Å². The first-order chi connectivity index (χ1) is 9.20. The highest BCUT2D eigenvalue weighted by Gasteiger charge is 2.11. The molecule has 5 heteroatoms. The van der Waals surface area contributed by atoms with Gasteiger partial charge in [0.25, 0.3) is 5.91 Å². The molecule has 19 heavy (non-hydrogen) atoms. The molecule has 98 valence electrons. The van der Waals surface area contributed by atoms with Gasteiger partial charge in [0, 0.05) is 17.8 Å². The highest BCUT2D eigenvalue weighted by molar-refractivity contribution is 6.18. The van der Waals surface area contributed by atoms with E-state index in [2.05, 4.69) is 10.3 Å². The maximum atomic E-state index is 13.4. The van der Waals surface area contributed by atoms with Gasteiger partial charge in [-0.2, -0.15) is 0 Å². The summed E-state index contributed by atoms with van der Waals surface area (Å²) in [7, 11) is 0. The van der Waals surface area contributed by atoms with Gasteiger partial charge in [0.15, 0.2) is 5.82 Å². The number of carbonyl (C=O) groups excluding carboxylic acids is 1. The Morgan fingerprint density at radius 2 is 2.00 bits per heavy atom. The first-order valence-electron chi connectivity index (χ1n) is 5.76. The van der Waals surface area contributed by atoms with Crippen LogP contribution >= 0.6 is 11.6 Å². The molecule has 3 nitrogen and oxygen atoms in total. The molecule has 1 heterocycles. The van der Waals surface area contributed by atoms with Crippen LogP contribution < -0.4 is 5.32 Å². The number of halogens is 2. The topological polar surface area (TPSA) is 42.0 Å². The van der Waals surface area contributed by atoms with Gasteiger partial charge in [0.05, 0.1) is 11.8 Å². The van der Waals surface area contributed by atoms with E-state index in [-0.39, 0.29) is 5.56 Å². The van der Waals surface area contributed by atoms with E-state index in [9.17, 15) is 9.18 Å². The second-order valence-corrected chi connectivity index (χ2v) is 4.32. The molecule has 1 amide bonds. The van der Waals surface area contributed by atoms with Crippen molar-refractivity contribution in [1.82, 2.24) is 4.98 Å². The summed E-state index contributed by atoms with van der Waals surface area (Å²) in [6.45, 7) is 0. The van der Waals surface area contributed by atoms with Gasteiger partial charge in [-0.15, -0.1) is 11.6 Å². The Morgan fingerprint density at radius 3 is 2.63 bits per heavy atom. The second kappa shape index (κ2) is 6.29. The van der Waals surface area contributed by atoms with E-state index >= 15 is 0 Å². The van der Waals surface area contributed by atoms with Gasteiger partial charge in [0.2, 0.25) is 0 Å². The Labute approximate surface area is 115 Å². The third-order valence-corrected chi connectivity index (χ3v) is 2.80. The monoisotopic (exact) mass is 278 g/mol. The van der Waals surface area contributed by atoms with Crippen LogP contribution in [0.4, 0.5) is 10.1 Å². The lowest BCUT2D eigenvalue weighted by molar-refractivity contribution is 0.102. The molecule has 2 rings (SSSR count). The molecule has 0 saturated carbocycles. The maximum absolute atomic E-state index is 13.4. The fourth-order valence-electron chi connectivity index (χ4n) is 1.62. The number of alkyl halides is 1. The van der Waals surface area contributed by atoms with Gasteiger partial charge < -0.3 is 5.32 Å². The smallest absolute Gasteiger partial charge is 0.258 e. The molecule has 0 aliphatic carbocycles. The Hall–Kier alpha value is -1.94. The zero-order chi connectivity index (χ0) is 13.7. The van der Waals surface area contributed by atoms with E-state index in [1.54, 1.807) is 12.1 Å². The molecule has 0 aliphatic heterocycles. The lowest BCUT2D eigenvalue weighted by Crippen LogP contribution is -2.13. The van der Waals surface area contributed by atoms with Crippen LogP contribution in [0, 0.1) is 5.82 Å². The van der Waals surface area contributed by atoms with Crippen LogP contribution in [0.3, 0.4) is 0 Å². The fourth-order valence-corrected chi connectivity index (χ4v) is 1.84. The van der Waals surface area contributed by atoms with Gasteiger partial charge in [-0.1, -0.05) is 12.1 Å². The van der Waals surface area contributed by atoms with Crippen molar-refractivity contribution >= 4 is 23.2 Å². The first kappa shape index (κ1) is 13.5. The van der Waals surface area contributed by atoms with Crippen LogP contribution in [-0.4, -0.2) is 16.8 Å². The van der Waals surface area contributed by atoms with Crippen molar-refractivity contribution < 1.29 is 9.18 Å². The summed E-state index contributed by atoms with van der Waals surface area (Å²) < 4.78 is 13.4. The zero-order valence-electron chi connectivity index (χ0n) is 10.1. The summed E-state index contributed by atoms with van der Waals surface area (Å²) in [5.41, 5.74) is 1.67. The molecule has 0 spiro atoms. The Balaban J connectivity index is 2.09. The molecule has 0 atom stereocenters. The summed E-state index contributed by atoms with van der Waals surface area (Å²) in [5, 5.41) is 2.63. The number of carbonyl (C=O) groups is 1. The highest BCUT2D eigenvalue weighted by Crippen LogP contribution is 2.13. The number of aromatic nitrogens is 1. The number of aryl methyl sites for hydroxylation is 1. The number of rotatable bonds is 4. The standard InChI is InChI=1S/C14H12ClFN2O/c15-7-5-10-1-3-11(4-2-10)18-14(19)12-6-8-17-9-13(12)16/h1-4,6,8-9H,5,7H2,(H,18,19). The summed E-state index contributed by atoms with van der Waals surface area (Å²) in [4.78, 5) is 15.4. The average molecular weight is 279 g/mol. The first-order valence-corrected chi connectivity index (χ1v) is 6.30. The van der Waals surface area contributed by atoms with Gasteiger partial charge in [-0.3, -0.25) is 9.78 Å². The van der Waals surface area contributed by atoms with Crippen LogP contribution in [0.2, 0.25) is 0 Å². The number of pyridine rings is 1. The Bertz CT molecular complexity index is 572. The summed E-state index contributed by atoms with van der Waals surface area (Å²) in [6.07, 6.45) is 3.16. The van der Waals surface area contributed by atoms with Crippen LogP contribution in [-0.2, 0) is 6.42 Å². The van der Waals surface area contributed by atoms with Gasteiger partial charge in [-0.25, -0.2) is 4.39 Å². The lowest BCUT2D eigenvalue weighted by atomic mass is 10.1. The third-order valence-electron chi connectivity index (χ3n) is 2.61. The molecule has 0 saturated heterocycles. The molecule has 0 aliphatic rings. The zero-order valence-corrected chi connectivity index (χ0v) is 10.8. The number of amides is 1. The van der Waals surface area contributed by atoms with Crippen LogP contribution in [0.1, 0.15) is 15.9 Å². The van der Waals surface area contributed by atoms with Crippen LogP contribution in [0.25, 0.3) is 0 Å². The molecule has 2 aromatic rings. The maximum Gasteiger partial charge on any atom is 0.258 e. The van der Waals surface area contributed by atoms with E-state index < -0.39 is 11.7 Å². The lowest BCUT2D eigenvalue weighted by Gasteiger charge is -2.06. The normalized spacial score (nSPS) is 10.2. The minimum Gasteiger partial charge on any atom is -0.322 e. The highest BCUT2D eigenvalue weighted by atomic mass is 35.5. The Kier molecular flexibility index (Phi) is 4.47. The number of benzene rings is 1. The Morgan fingerprint density at radius 1 is 1.26 bits per heavy atom. The van der Waals surface area contributed by atoms with E-state index in [1.807, 2.05) is 12.1 Å². The van der Waals surface area contributed by atoms with Crippen molar-refractivity contribution in [3.63, 3.8) is 0 Å². The van der Waals surface area contributed by atoms with Crippen LogP contribution in [0.15, 0.2) is 42.7 Å². The van der Waals surface area contributed by atoms with Gasteiger partial charge in [0.1, 0.15) is 0 Å². The van der Waals surface area contributed by atoms with Crippen molar-refractivity contribution in [2.45, 2.75) is 6.42 Å². The van der Waals surface area contributed by atoms with Gasteiger partial charge in [-0.05, 0) is 30.2 Å². The molecule has 0 radical (unpaired) electrons. The third kappa shape index (κ3) is 3.51. The number of hydrogen-bond donors (Lipinski definition) is 1. The van der Waals surface area contributed by atoms with Crippen molar-refractivity contribution in [3.8, 4) is 0 Å². The summed E-state index contributed by atoms with van der Waals surface area (Å²) in [6, 6.07) is 8.62. The molecular weight excluding hydrogens is 267 g/mol. The van der Waals surface area contributed by atoms with E-state index in [0.29, 0.717) is 11.6 Å². The van der Waals surface area contributed by atoms with Gasteiger partial charge >= 0.3 is 0 Å². The van der Waals surface area contributed by atoms with Crippen molar-refractivity contribution in [3.05, 3.63) is 59.7 Å². The predicted octanol–water partition coefficient (Wildman–Crippen LogP) is 3.25. The molecule has 1 aromatic heterocycles. The number of anilines is 1. The quantitative estimate of drug-likeness (QED) is 0.872. The fraction of sp³-hybridized carbons (Fsp3) is 0.143. The number of nitrogens with zero attached hydrogens (tertiary/aromatic N) is 1. The molecule has 0 bridgehead atoms. The number of nitrogens with one attached hydrogen (secondary N) is 1. The van der Waals surface area contributed by atoms with E-state index in [0.717, 1.165) is 18.2 Å². The van der Waals surface area contributed by atoms with Crippen molar-refractivity contribution in [2.24, 2.45) is 0 Å². The predicted molar refractivity (Wildman–Crippen MR) is 73.0 cm³/mol. The molecule has 1 aromatic carbocycles. The summed E-state index contributed by atoms with van der Waals surface area (Å²) >= 11 is 5.64. The minimum atomic E-state index is -0.640. The SMILES string of the molecule is O=C(Nc1ccc(CCCl)cc1)c1ccncc1F.